The van der Waals surface area contributed by atoms with Crippen molar-refractivity contribution in [3.63, 3.8) is 0 Å². The molecule has 15 heteroatoms. The van der Waals surface area contributed by atoms with Gasteiger partial charge in [0.1, 0.15) is 24.2 Å². The molecule has 0 fully saturated rings. The van der Waals surface area contributed by atoms with E-state index >= 15 is 0 Å². The van der Waals surface area contributed by atoms with E-state index in [9.17, 15) is 28.8 Å². The number of nitrogens with one attached hydrogen (secondary N) is 3. The molecule has 0 aliphatic heterocycles. The van der Waals surface area contributed by atoms with Gasteiger partial charge in [-0.05, 0) is 18.4 Å². The molecule has 0 spiro atoms. The SMILES string of the molecule is CSCCC(NC(=O)C(N)CO)C(=O)NC(CC(=O)O)C(=O)NC(CC(=O)O)C(=O)O. The predicted octanol–water partition coefficient (Wildman–Crippen LogP) is -3.45. The third-order valence-electron chi connectivity index (χ3n) is 3.78. The number of nitrogens with two attached hydrogens (primary N) is 1. The van der Waals surface area contributed by atoms with Crippen molar-refractivity contribution in [2.24, 2.45) is 5.73 Å². The van der Waals surface area contributed by atoms with Gasteiger partial charge >= 0.3 is 17.9 Å². The van der Waals surface area contributed by atoms with Crippen LogP contribution in [0.15, 0.2) is 0 Å². The monoisotopic (exact) mass is 466 g/mol. The number of thioether (sulfide) groups is 1. The van der Waals surface area contributed by atoms with Gasteiger partial charge in [0.15, 0.2) is 0 Å². The molecule has 4 unspecified atom stereocenters. The van der Waals surface area contributed by atoms with Crippen molar-refractivity contribution in [2.45, 2.75) is 43.4 Å². The molecule has 0 aliphatic carbocycles. The molecule has 9 N–H and O–H groups in total. The van der Waals surface area contributed by atoms with Gasteiger partial charge < -0.3 is 42.1 Å². The molecule has 0 rings (SSSR count). The molecule has 0 aliphatic rings. The van der Waals surface area contributed by atoms with Crippen molar-refractivity contribution in [1.29, 1.82) is 0 Å². The Bertz CT molecular complexity index is 689. The Morgan fingerprint density at radius 1 is 0.806 bits per heavy atom. The molecule has 14 nitrogen and oxygen atoms in total. The first-order valence-corrected chi connectivity index (χ1v) is 10.2. The summed E-state index contributed by atoms with van der Waals surface area (Å²) >= 11 is 1.34. The summed E-state index contributed by atoms with van der Waals surface area (Å²) in [6.07, 6.45) is -0.100. The Kier molecular flexibility index (Phi) is 12.8. The van der Waals surface area contributed by atoms with Crippen LogP contribution >= 0.6 is 11.8 Å². The minimum Gasteiger partial charge on any atom is -0.481 e. The molecule has 0 aromatic heterocycles. The topological polar surface area (TPSA) is 245 Å². The molecule has 0 bridgehead atoms. The number of hydrogen-bond acceptors (Lipinski definition) is 9. The number of aliphatic hydroxyl groups is 1. The Labute approximate surface area is 180 Å². The van der Waals surface area contributed by atoms with Gasteiger partial charge in [0.05, 0.1) is 19.4 Å². The maximum Gasteiger partial charge on any atom is 0.326 e. The molecule has 0 heterocycles. The van der Waals surface area contributed by atoms with Crippen molar-refractivity contribution < 1.29 is 49.2 Å². The minimum absolute atomic E-state index is 0.0784. The highest BCUT2D eigenvalue weighted by atomic mass is 32.2. The van der Waals surface area contributed by atoms with Crippen LogP contribution < -0.4 is 21.7 Å². The second-order valence-corrected chi connectivity index (χ2v) is 7.27. The summed E-state index contributed by atoms with van der Waals surface area (Å²) in [5.41, 5.74) is 5.39. The van der Waals surface area contributed by atoms with E-state index in [2.05, 4.69) is 10.6 Å². The second-order valence-electron chi connectivity index (χ2n) is 6.29. The average molecular weight is 466 g/mol. The summed E-state index contributed by atoms with van der Waals surface area (Å²) < 4.78 is 0. The van der Waals surface area contributed by atoms with Crippen LogP contribution in [0.3, 0.4) is 0 Å². The lowest BCUT2D eigenvalue weighted by Gasteiger charge is -2.24. The number of aliphatic hydroxyl groups excluding tert-OH is 1. The number of carbonyl (C=O) groups excluding carboxylic acids is 3. The molecule has 4 atom stereocenters. The summed E-state index contributed by atoms with van der Waals surface area (Å²) in [6, 6.07) is -6.14. The number of carbonyl (C=O) groups is 6. The fourth-order valence-electron chi connectivity index (χ4n) is 2.17. The summed E-state index contributed by atoms with van der Waals surface area (Å²) in [7, 11) is 0. The lowest BCUT2D eigenvalue weighted by atomic mass is 10.1. The first-order chi connectivity index (χ1) is 14.4. The van der Waals surface area contributed by atoms with Crippen LogP contribution in [0.1, 0.15) is 19.3 Å². The molecule has 0 radical (unpaired) electrons. The van der Waals surface area contributed by atoms with Crippen LogP contribution in [-0.4, -0.2) is 98.8 Å². The van der Waals surface area contributed by atoms with Gasteiger partial charge in [-0.2, -0.15) is 11.8 Å². The summed E-state index contributed by atoms with van der Waals surface area (Å²) in [6.45, 7) is -0.688. The van der Waals surface area contributed by atoms with Crippen LogP contribution in [0.5, 0.6) is 0 Å². The third-order valence-corrected chi connectivity index (χ3v) is 4.43. The fraction of sp³-hybridized carbons (Fsp3) is 0.625. The number of hydrogen-bond donors (Lipinski definition) is 8. The van der Waals surface area contributed by atoms with E-state index in [-0.39, 0.29) is 6.42 Å². The van der Waals surface area contributed by atoms with Gasteiger partial charge in [-0.25, -0.2) is 4.79 Å². The third kappa shape index (κ3) is 11.2. The minimum atomic E-state index is -1.85. The van der Waals surface area contributed by atoms with Crippen molar-refractivity contribution in [1.82, 2.24) is 16.0 Å². The zero-order chi connectivity index (χ0) is 24.1. The van der Waals surface area contributed by atoms with Crippen LogP contribution in [0, 0.1) is 0 Å². The number of carboxylic acids is 3. The van der Waals surface area contributed by atoms with Crippen molar-refractivity contribution in [3.8, 4) is 0 Å². The standard InChI is InChI=1S/C16H26N4O10S/c1-31-3-2-8(18-13(26)7(17)6-21)14(27)19-9(4-11(22)23)15(28)20-10(16(29)30)5-12(24)25/h7-10,21H,2-6,17H2,1H3,(H,18,26)(H,19,27)(H,20,28)(H,22,23)(H,24,25)(H,29,30). The first kappa shape index (κ1) is 28.1. The Balaban J connectivity index is 5.45. The number of rotatable bonds is 15. The van der Waals surface area contributed by atoms with E-state index in [1.165, 1.54) is 11.8 Å². The quantitative estimate of drug-likeness (QED) is 0.117. The maximum atomic E-state index is 12.6. The van der Waals surface area contributed by atoms with Crippen molar-refractivity contribution in [3.05, 3.63) is 0 Å². The number of aliphatic carboxylic acids is 3. The summed E-state index contributed by atoms with van der Waals surface area (Å²) in [4.78, 5) is 69.7. The van der Waals surface area contributed by atoms with E-state index in [1.807, 2.05) is 5.32 Å². The van der Waals surface area contributed by atoms with Gasteiger partial charge in [-0.3, -0.25) is 24.0 Å². The van der Waals surface area contributed by atoms with Gasteiger partial charge in [-0.1, -0.05) is 0 Å². The zero-order valence-electron chi connectivity index (χ0n) is 16.6. The zero-order valence-corrected chi connectivity index (χ0v) is 17.4. The summed E-state index contributed by atoms with van der Waals surface area (Å²) in [5.74, 6) is -7.33. The molecule has 31 heavy (non-hydrogen) atoms. The van der Waals surface area contributed by atoms with Gasteiger partial charge in [0.25, 0.3) is 0 Å². The van der Waals surface area contributed by atoms with Gasteiger partial charge in [-0.15, -0.1) is 0 Å². The lowest BCUT2D eigenvalue weighted by Crippen LogP contribution is -2.58. The highest BCUT2D eigenvalue weighted by molar-refractivity contribution is 7.98. The van der Waals surface area contributed by atoms with Gasteiger partial charge in [0, 0.05) is 0 Å². The second kappa shape index (κ2) is 14.2. The molecule has 0 saturated carbocycles. The Morgan fingerprint density at radius 3 is 1.71 bits per heavy atom. The smallest absolute Gasteiger partial charge is 0.326 e. The number of amides is 3. The molecule has 3 amide bonds. The Morgan fingerprint density at radius 2 is 1.26 bits per heavy atom. The molecule has 0 aromatic carbocycles. The predicted molar refractivity (Wildman–Crippen MR) is 106 cm³/mol. The van der Waals surface area contributed by atoms with E-state index in [0.717, 1.165) is 0 Å². The molecule has 0 aromatic rings. The maximum absolute atomic E-state index is 12.6. The van der Waals surface area contributed by atoms with Crippen LogP contribution in [0.25, 0.3) is 0 Å². The highest BCUT2D eigenvalue weighted by Gasteiger charge is 2.32. The molecular weight excluding hydrogens is 440 g/mol. The van der Waals surface area contributed by atoms with E-state index in [0.29, 0.717) is 5.75 Å². The summed E-state index contributed by atoms with van der Waals surface area (Å²) in [5, 5.41) is 42.0. The first-order valence-electron chi connectivity index (χ1n) is 8.85. The van der Waals surface area contributed by atoms with E-state index in [4.69, 9.17) is 26.2 Å². The van der Waals surface area contributed by atoms with Crippen LogP contribution in [0.4, 0.5) is 0 Å². The average Bonchev–Trinajstić information content (AvgIpc) is 2.68. The number of carboxylic acid groups (broad SMARTS) is 3. The Hall–Kier alpha value is -2.91. The van der Waals surface area contributed by atoms with Crippen LogP contribution in [0.2, 0.25) is 0 Å². The van der Waals surface area contributed by atoms with Gasteiger partial charge in [0.2, 0.25) is 17.7 Å². The normalized spacial score (nSPS) is 14.4. The molecule has 0 saturated heterocycles. The van der Waals surface area contributed by atoms with E-state index < -0.39 is 79.2 Å². The lowest BCUT2D eigenvalue weighted by molar-refractivity contribution is -0.148. The van der Waals surface area contributed by atoms with Crippen LogP contribution in [-0.2, 0) is 28.8 Å². The highest BCUT2D eigenvalue weighted by Crippen LogP contribution is 2.04. The fourth-order valence-corrected chi connectivity index (χ4v) is 2.64. The largest absolute Gasteiger partial charge is 0.481 e. The molecule has 176 valence electrons. The van der Waals surface area contributed by atoms with Crippen molar-refractivity contribution in [2.75, 3.05) is 18.6 Å². The van der Waals surface area contributed by atoms with E-state index in [1.54, 1.807) is 6.26 Å². The molecular formula is C16H26N4O10S. The van der Waals surface area contributed by atoms with Crippen molar-refractivity contribution >= 4 is 47.4 Å².